The predicted octanol–water partition coefficient (Wildman–Crippen LogP) is 2.36. The van der Waals surface area contributed by atoms with Crippen molar-refractivity contribution in [2.45, 2.75) is 33.7 Å². The molecule has 0 aliphatic heterocycles. The highest BCUT2D eigenvalue weighted by Gasteiger charge is 2.32. The minimum atomic E-state index is -1.12. The topological polar surface area (TPSA) is 66.4 Å². The number of benzene rings is 1. The fourth-order valence-electron chi connectivity index (χ4n) is 1.60. The summed E-state index contributed by atoms with van der Waals surface area (Å²) in [5, 5.41) is 11.5. The third-order valence-corrected chi connectivity index (χ3v) is 2.82. The Balaban J connectivity index is 2.94. The molecular weight excluding hydrogens is 249 g/mol. The molecule has 5 heteroatoms. The summed E-state index contributed by atoms with van der Waals surface area (Å²) in [6, 6.07) is 3.02. The van der Waals surface area contributed by atoms with Crippen molar-refractivity contribution in [1.29, 1.82) is 0 Å². The van der Waals surface area contributed by atoms with Crippen molar-refractivity contribution >= 4 is 11.9 Å². The van der Waals surface area contributed by atoms with E-state index in [-0.39, 0.29) is 5.56 Å². The van der Waals surface area contributed by atoms with E-state index in [0.29, 0.717) is 5.56 Å². The van der Waals surface area contributed by atoms with Gasteiger partial charge in [0.1, 0.15) is 11.9 Å². The average Bonchev–Trinajstić information content (AvgIpc) is 2.27. The molecule has 0 fully saturated rings. The van der Waals surface area contributed by atoms with Gasteiger partial charge in [-0.05, 0) is 30.0 Å². The predicted molar refractivity (Wildman–Crippen MR) is 69.5 cm³/mol. The Morgan fingerprint density at radius 2 is 1.89 bits per heavy atom. The molecule has 0 heterocycles. The fraction of sp³-hybridized carbons (Fsp3) is 0.429. The maximum atomic E-state index is 13.4. The van der Waals surface area contributed by atoms with Gasteiger partial charge in [-0.2, -0.15) is 0 Å². The molecule has 1 rings (SSSR count). The zero-order chi connectivity index (χ0) is 14.8. The first-order valence-corrected chi connectivity index (χ1v) is 5.92. The summed E-state index contributed by atoms with van der Waals surface area (Å²) in [6.07, 6.45) is 0. The SMILES string of the molecule is Cc1ccc(C(=O)NC(C(=O)O)C(C)(C)C)cc1F. The fourth-order valence-corrected chi connectivity index (χ4v) is 1.60. The van der Waals surface area contributed by atoms with E-state index < -0.39 is 29.2 Å². The summed E-state index contributed by atoms with van der Waals surface area (Å²) >= 11 is 0. The first-order valence-electron chi connectivity index (χ1n) is 5.92. The van der Waals surface area contributed by atoms with Gasteiger partial charge < -0.3 is 10.4 Å². The number of carbonyl (C=O) groups is 2. The average molecular weight is 267 g/mol. The number of amides is 1. The van der Waals surface area contributed by atoms with Crippen molar-refractivity contribution in [3.05, 3.63) is 35.1 Å². The van der Waals surface area contributed by atoms with Crippen molar-refractivity contribution in [2.24, 2.45) is 5.41 Å². The van der Waals surface area contributed by atoms with E-state index in [2.05, 4.69) is 5.32 Å². The van der Waals surface area contributed by atoms with Crippen molar-refractivity contribution in [3.63, 3.8) is 0 Å². The van der Waals surface area contributed by atoms with Gasteiger partial charge >= 0.3 is 5.97 Å². The van der Waals surface area contributed by atoms with Gasteiger partial charge in [0, 0.05) is 5.56 Å². The van der Waals surface area contributed by atoms with Crippen LogP contribution in [0.1, 0.15) is 36.7 Å². The molecular formula is C14H18FNO3. The Bertz CT molecular complexity index is 506. The number of hydrogen-bond acceptors (Lipinski definition) is 2. The first-order chi connectivity index (χ1) is 8.62. The normalized spacial score (nSPS) is 12.9. The molecule has 0 radical (unpaired) electrons. The number of hydrogen-bond donors (Lipinski definition) is 2. The number of carboxylic acid groups (broad SMARTS) is 1. The van der Waals surface area contributed by atoms with E-state index in [4.69, 9.17) is 5.11 Å². The van der Waals surface area contributed by atoms with Crippen molar-refractivity contribution < 1.29 is 19.1 Å². The van der Waals surface area contributed by atoms with Crippen LogP contribution in [-0.4, -0.2) is 23.0 Å². The summed E-state index contributed by atoms with van der Waals surface area (Å²) in [7, 11) is 0. The van der Waals surface area contributed by atoms with Gasteiger partial charge in [0.2, 0.25) is 0 Å². The van der Waals surface area contributed by atoms with Crippen LogP contribution in [0.3, 0.4) is 0 Å². The number of nitrogens with one attached hydrogen (secondary N) is 1. The Morgan fingerprint density at radius 1 is 1.32 bits per heavy atom. The van der Waals surface area contributed by atoms with Crippen LogP contribution in [0.15, 0.2) is 18.2 Å². The van der Waals surface area contributed by atoms with Crippen molar-refractivity contribution in [1.82, 2.24) is 5.32 Å². The van der Waals surface area contributed by atoms with E-state index in [1.807, 2.05) is 0 Å². The number of aryl methyl sites for hydroxylation is 1. The van der Waals surface area contributed by atoms with Crippen molar-refractivity contribution in [3.8, 4) is 0 Å². The van der Waals surface area contributed by atoms with E-state index in [1.165, 1.54) is 12.1 Å². The second-order valence-electron chi connectivity index (χ2n) is 5.57. The molecule has 1 aromatic carbocycles. The van der Waals surface area contributed by atoms with Gasteiger partial charge in [-0.15, -0.1) is 0 Å². The highest BCUT2D eigenvalue weighted by atomic mass is 19.1. The zero-order valence-electron chi connectivity index (χ0n) is 11.5. The van der Waals surface area contributed by atoms with Crippen LogP contribution in [-0.2, 0) is 4.79 Å². The van der Waals surface area contributed by atoms with Gasteiger partial charge in [0.05, 0.1) is 0 Å². The minimum absolute atomic E-state index is 0.110. The van der Waals surface area contributed by atoms with Gasteiger partial charge in [-0.3, -0.25) is 4.79 Å². The molecule has 19 heavy (non-hydrogen) atoms. The van der Waals surface area contributed by atoms with Crippen LogP contribution in [0.4, 0.5) is 4.39 Å². The van der Waals surface area contributed by atoms with E-state index in [9.17, 15) is 14.0 Å². The number of carbonyl (C=O) groups excluding carboxylic acids is 1. The molecule has 1 unspecified atom stereocenters. The molecule has 0 spiro atoms. The zero-order valence-corrected chi connectivity index (χ0v) is 11.5. The third kappa shape index (κ3) is 3.77. The van der Waals surface area contributed by atoms with E-state index in [1.54, 1.807) is 27.7 Å². The lowest BCUT2D eigenvalue weighted by Gasteiger charge is -2.27. The lowest BCUT2D eigenvalue weighted by molar-refractivity contribution is -0.142. The summed E-state index contributed by atoms with van der Waals surface area (Å²) < 4.78 is 13.4. The maximum Gasteiger partial charge on any atom is 0.326 e. The van der Waals surface area contributed by atoms with Gasteiger partial charge in [0.25, 0.3) is 5.91 Å². The number of rotatable bonds is 3. The molecule has 104 valence electrons. The smallest absolute Gasteiger partial charge is 0.326 e. The standard InChI is InChI=1S/C14H18FNO3/c1-8-5-6-9(7-10(8)15)12(17)16-11(13(18)19)14(2,3)4/h5-7,11H,1-4H3,(H,16,17)(H,18,19). The summed E-state index contributed by atoms with van der Waals surface area (Å²) in [6.45, 7) is 6.72. The monoisotopic (exact) mass is 267 g/mol. The summed E-state index contributed by atoms with van der Waals surface area (Å²) in [5.74, 6) is -2.20. The van der Waals surface area contributed by atoms with Crippen LogP contribution >= 0.6 is 0 Å². The highest BCUT2D eigenvalue weighted by Crippen LogP contribution is 2.20. The minimum Gasteiger partial charge on any atom is -0.480 e. The molecule has 0 aliphatic carbocycles. The van der Waals surface area contributed by atoms with Gasteiger partial charge in [0.15, 0.2) is 0 Å². The molecule has 0 aliphatic rings. The molecule has 0 saturated heterocycles. The van der Waals surface area contributed by atoms with Crippen LogP contribution in [0.5, 0.6) is 0 Å². The second-order valence-corrected chi connectivity index (χ2v) is 5.57. The van der Waals surface area contributed by atoms with Crippen molar-refractivity contribution in [2.75, 3.05) is 0 Å². The molecule has 2 N–H and O–H groups in total. The van der Waals surface area contributed by atoms with E-state index >= 15 is 0 Å². The quantitative estimate of drug-likeness (QED) is 0.883. The third-order valence-electron chi connectivity index (χ3n) is 2.82. The lowest BCUT2D eigenvalue weighted by Crippen LogP contribution is -2.49. The van der Waals surface area contributed by atoms with E-state index in [0.717, 1.165) is 6.07 Å². The van der Waals surface area contributed by atoms with Crippen LogP contribution in [0, 0.1) is 18.2 Å². The Labute approximate surface area is 111 Å². The molecule has 0 saturated carbocycles. The Morgan fingerprint density at radius 3 is 2.32 bits per heavy atom. The molecule has 1 atom stereocenters. The lowest BCUT2D eigenvalue weighted by atomic mass is 9.86. The molecule has 0 aromatic heterocycles. The largest absolute Gasteiger partial charge is 0.480 e. The summed E-state index contributed by atoms with van der Waals surface area (Å²) in [5.41, 5.74) is -0.0918. The number of halogens is 1. The maximum absolute atomic E-state index is 13.4. The van der Waals surface area contributed by atoms with Crippen LogP contribution in [0.2, 0.25) is 0 Å². The Hall–Kier alpha value is -1.91. The second kappa shape index (κ2) is 5.38. The molecule has 0 bridgehead atoms. The molecule has 1 aromatic rings. The van der Waals surface area contributed by atoms with Crippen LogP contribution in [0.25, 0.3) is 0 Å². The van der Waals surface area contributed by atoms with Gasteiger partial charge in [-0.1, -0.05) is 26.8 Å². The molecule has 4 nitrogen and oxygen atoms in total. The van der Waals surface area contributed by atoms with Gasteiger partial charge in [-0.25, -0.2) is 9.18 Å². The number of aliphatic carboxylic acids is 1. The molecule has 1 amide bonds. The summed E-state index contributed by atoms with van der Waals surface area (Å²) in [4.78, 5) is 23.1. The number of carboxylic acids is 1. The first kappa shape index (κ1) is 15.1. The Kier molecular flexibility index (Phi) is 4.29. The highest BCUT2D eigenvalue weighted by molar-refractivity contribution is 5.96. The van der Waals surface area contributed by atoms with Crippen LogP contribution < -0.4 is 5.32 Å².